The Bertz CT molecular complexity index is 716. The number of hydrogen-bond acceptors (Lipinski definition) is 4. The molecule has 1 unspecified atom stereocenters. The van der Waals surface area contributed by atoms with Gasteiger partial charge in [-0.1, -0.05) is 37.3 Å². The molecule has 0 spiro atoms. The molecule has 146 valence electrons. The fourth-order valence-electron chi connectivity index (χ4n) is 3.68. The second kappa shape index (κ2) is 9.67. The number of hydrogen-bond donors (Lipinski definition) is 0. The zero-order chi connectivity index (χ0) is 19.1. The highest BCUT2D eigenvalue weighted by Crippen LogP contribution is 2.19. The van der Waals surface area contributed by atoms with E-state index >= 15 is 0 Å². The second-order valence-corrected chi connectivity index (χ2v) is 7.13. The van der Waals surface area contributed by atoms with Crippen LogP contribution >= 0.6 is 0 Å². The van der Waals surface area contributed by atoms with Gasteiger partial charge in [0.1, 0.15) is 0 Å². The summed E-state index contributed by atoms with van der Waals surface area (Å²) < 4.78 is 7.32. The van der Waals surface area contributed by atoms with Gasteiger partial charge in [0.05, 0.1) is 18.6 Å². The van der Waals surface area contributed by atoms with Gasteiger partial charge in [-0.05, 0) is 12.0 Å². The van der Waals surface area contributed by atoms with Crippen LogP contribution in [-0.2, 0) is 29.2 Å². The first-order chi connectivity index (χ1) is 13.2. The summed E-state index contributed by atoms with van der Waals surface area (Å²) >= 11 is 0. The van der Waals surface area contributed by atoms with Gasteiger partial charge in [0.15, 0.2) is 0 Å². The van der Waals surface area contributed by atoms with Crippen molar-refractivity contribution in [2.75, 3.05) is 26.8 Å². The molecular weight excluding hydrogens is 340 g/mol. The normalized spacial score (nSPS) is 18.7. The molecule has 1 aliphatic heterocycles. The third-order valence-electron chi connectivity index (χ3n) is 5.26. The van der Waals surface area contributed by atoms with Crippen LogP contribution in [0.25, 0.3) is 0 Å². The molecule has 1 aliphatic rings. The Morgan fingerprint density at radius 3 is 2.78 bits per heavy atom. The quantitative estimate of drug-likeness (QED) is 0.717. The van der Waals surface area contributed by atoms with E-state index in [0.717, 1.165) is 32.6 Å². The molecule has 1 saturated heterocycles. The number of carbonyl (C=O) groups is 1. The molecule has 0 radical (unpaired) electrons. The molecule has 1 aromatic carbocycles. The molecule has 1 amide bonds. The Kier molecular flexibility index (Phi) is 7.01. The number of benzene rings is 1. The maximum absolute atomic E-state index is 12.8. The van der Waals surface area contributed by atoms with Crippen LogP contribution in [0.2, 0.25) is 0 Å². The van der Waals surface area contributed by atoms with Crippen molar-refractivity contribution in [1.29, 1.82) is 0 Å². The number of nitrogens with zero attached hydrogens (tertiary/aromatic N) is 4. The molecule has 0 aliphatic carbocycles. The standard InChI is InChI=1S/C21H30N4O2/c1-3-19-15-23(16-20-13-22-17-24(20)11-12-27-2)10-9-21(26)25(19)14-18-7-5-4-6-8-18/h4-8,13,17,19H,3,9-12,14-16H2,1-2H3. The van der Waals surface area contributed by atoms with Crippen molar-refractivity contribution in [3.05, 3.63) is 54.1 Å². The minimum absolute atomic E-state index is 0.232. The maximum Gasteiger partial charge on any atom is 0.224 e. The lowest BCUT2D eigenvalue weighted by Gasteiger charge is -2.31. The summed E-state index contributed by atoms with van der Waals surface area (Å²) in [7, 11) is 1.71. The lowest BCUT2D eigenvalue weighted by atomic mass is 10.1. The molecule has 1 aromatic heterocycles. The van der Waals surface area contributed by atoms with Crippen molar-refractivity contribution >= 4 is 5.91 Å². The highest BCUT2D eigenvalue weighted by Gasteiger charge is 2.29. The average molecular weight is 370 g/mol. The van der Waals surface area contributed by atoms with Gasteiger partial charge in [-0.3, -0.25) is 9.69 Å². The van der Waals surface area contributed by atoms with Gasteiger partial charge >= 0.3 is 0 Å². The second-order valence-electron chi connectivity index (χ2n) is 7.13. The number of aromatic nitrogens is 2. The zero-order valence-electron chi connectivity index (χ0n) is 16.4. The Morgan fingerprint density at radius 1 is 1.22 bits per heavy atom. The maximum atomic E-state index is 12.8. The van der Waals surface area contributed by atoms with E-state index in [2.05, 4.69) is 38.4 Å². The lowest BCUT2D eigenvalue weighted by molar-refractivity contribution is -0.133. The van der Waals surface area contributed by atoms with Gasteiger partial charge in [0.2, 0.25) is 5.91 Å². The molecule has 2 aromatic rings. The summed E-state index contributed by atoms with van der Waals surface area (Å²) in [6, 6.07) is 10.5. The smallest absolute Gasteiger partial charge is 0.224 e. The van der Waals surface area contributed by atoms with Gasteiger partial charge in [-0.2, -0.15) is 0 Å². The van der Waals surface area contributed by atoms with Crippen molar-refractivity contribution in [1.82, 2.24) is 19.4 Å². The van der Waals surface area contributed by atoms with Gasteiger partial charge in [0.25, 0.3) is 0 Å². The predicted molar refractivity (Wildman–Crippen MR) is 105 cm³/mol. The Balaban J connectivity index is 1.68. The van der Waals surface area contributed by atoms with Crippen LogP contribution in [0.4, 0.5) is 0 Å². The summed E-state index contributed by atoms with van der Waals surface area (Å²) in [6.45, 7) is 6.83. The van der Waals surface area contributed by atoms with E-state index in [9.17, 15) is 4.79 Å². The Hall–Kier alpha value is -2.18. The molecule has 0 saturated carbocycles. The fourth-order valence-corrected chi connectivity index (χ4v) is 3.68. The highest BCUT2D eigenvalue weighted by atomic mass is 16.5. The minimum atomic E-state index is 0.232. The average Bonchev–Trinajstić information content (AvgIpc) is 3.08. The molecule has 1 atom stereocenters. The third kappa shape index (κ3) is 5.17. The topological polar surface area (TPSA) is 50.6 Å². The Labute approximate surface area is 161 Å². The molecule has 3 rings (SSSR count). The summed E-state index contributed by atoms with van der Waals surface area (Å²) in [5.74, 6) is 0.251. The minimum Gasteiger partial charge on any atom is -0.383 e. The van der Waals surface area contributed by atoms with Gasteiger partial charge in [-0.25, -0.2) is 4.98 Å². The summed E-state index contributed by atoms with van der Waals surface area (Å²) in [4.78, 5) is 21.6. The van der Waals surface area contributed by atoms with Crippen LogP contribution in [0.1, 0.15) is 31.0 Å². The monoisotopic (exact) mass is 370 g/mol. The van der Waals surface area contributed by atoms with E-state index in [4.69, 9.17) is 4.74 Å². The Morgan fingerprint density at radius 2 is 2.04 bits per heavy atom. The summed E-state index contributed by atoms with van der Waals surface area (Å²) in [6.07, 6.45) is 5.30. The first-order valence-corrected chi connectivity index (χ1v) is 9.75. The van der Waals surface area contributed by atoms with Crippen molar-refractivity contribution in [2.45, 2.75) is 45.4 Å². The largest absolute Gasteiger partial charge is 0.383 e. The van der Waals surface area contributed by atoms with E-state index in [1.807, 2.05) is 30.7 Å². The van der Waals surface area contributed by atoms with E-state index in [-0.39, 0.29) is 11.9 Å². The van der Waals surface area contributed by atoms with Crippen molar-refractivity contribution in [2.24, 2.45) is 0 Å². The number of amides is 1. The first kappa shape index (κ1) is 19.6. The van der Waals surface area contributed by atoms with E-state index in [1.54, 1.807) is 7.11 Å². The molecule has 0 N–H and O–H groups in total. The van der Waals surface area contributed by atoms with Crippen molar-refractivity contribution in [3.63, 3.8) is 0 Å². The number of rotatable bonds is 8. The van der Waals surface area contributed by atoms with E-state index in [1.165, 1.54) is 11.3 Å². The number of carbonyl (C=O) groups excluding carboxylic acids is 1. The van der Waals surface area contributed by atoms with Crippen molar-refractivity contribution in [3.8, 4) is 0 Å². The number of ether oxygens (including phenoxy) is 1. The number of methoxy groups -OCH3 is 1. The van der Waals surface area contributed by atoms with E-state index in [0.29, 0.717) is 19.6 Å². The SMILES string of the molecule is CCC1CN(Cc2cncn2CCOC)CCC(=O)N1Cc1ccccc1. The van der Waals surface area contributed by atoms with Crippen LogP contribution in [0.15, 0.2) is 42.9 Å². The predicted octanol–water partition coefficient (Wildman–Crippen LogP) is 2.54. The first-order valence-electron chi connectivity index (χ1n) is 9.75. The molecular formula is C21H30N4O2. The van der Waals surface area contributed by atoms with E-state index < -0.39 is 0 Å². The van der Waals surface area contributed by atoms with Gasteiger partial charge in [0, 0.05) is 58.5 Å². The molecule has 1 fully saturated rings. The van der Waals surface area contributed by atoms with Crippen LogP contribution in [0.5, 0.6) is 0 Å². The zero-order valence-corrected chi connectivity index (χ0v) is 16.4. The molecule has 0 bridgehead atoms. The van der Waals surface area contributed by atoms with Crippen LogP contribution in [0, 0.1) is 0 Å². The summed E-state index contributed by atoms with van der Waals surface area (Å²) in [5.41, 5.74) is 2.36. The van der Waals surface area contributed by atoms with Crippen LogP contribution in [-0.4, -0.2) is 58.1 Å². The molecule has 27 heavy (non-hydrogen) atoms. The third-order valence-corrected chi connectivity index (χ3v) is 5.26. The lowest BCUT2D eigenvalue weighted by Crippen LogP contribution is -2.42. The summed E-state index contributed by atoms with van der Waals surface area (Å²) in [5, 5.41) is 0. The van der Waals surface area contributed by atoms with Gasteiger partial charge < -0.3 is 14.2 Å². The van der Waals surface area contributed by atoms with Crippen molar-refractivity contribution < 1.29 is 9.53 Å². The molecule has 6 nitrogen and oxygen atoms in total. The fraction of sp³-hybridized carbons (Fsp3) is 0.524. The molecule has 2 heterocycles. The number of imidazole rings is 1. The molecule has 6 heteroatoms. The van der Waals surface area contributed by atoms with Crippen LogP contribution < -0.4 is 0 Å². The van der Waals surface area contributed by atoms with Crippen LogP contribution in [0.3, 0.4) is 0 Å². The van der Waals surface area contributed by atoms with Gasteiger partial charge in [-0.15, -0.1) is 0 Å². The highest BCUT2D eigenvalue weighted by molar-refractivity contribution is 5.77.